The number of carbonyl (C=O) groups excluding carboxylic acids is 2. The normalized spacial score (nSPS) is 20.9. The number of aromatic nitrogens is 2. The summed E-state index contributed by atoms with van der Waals surface area (Å²) in [6.45, 7) is 5.40. The number of carbonyl (C=O) groups is 2. The Morgan fingerprint density at radius 3 is 2.42 bits per heavy atom. The first-order valence-corrected chi connectivity index (χ1v) is 8.77. The second-order valence-electron chi connectivity index (χ2n) is 6.74. The number of anilines is 1. The van der Waals surface area contributed by atoms with E-state index in [4.69, 9.17) is 4.74 Å². The first-order chi connectivity index (χ1) is 12.2. The maximum Gasteiger partial charge on any atom is 0.391 e. The van der Waals surface area contributed by atoms with Crippen LogP contribution in [0, 0.1) is 11.8 Å². The van der Waals surface area contributed by atoms with Crippen molar-refractivity contribution >= 4 is 17.7 Å². The summed E-state index contributed by atoms with van der Waals surface area (Å²) in [4.78, 5) is 26.4. The number of hydrogen-bond acceptors (Lipinski definition) is 4. The van der Waals surface area contributed by atoms with E-state index in [1.807, 2.05) is 0 Å². The fourth-order valence-electron chi connectivity index (χ4n) is 3.31. The van der Waals surface area contributed by atoms with Crippen LogP contribution in [0.15, 0.2) is 6.20 Å². The Kier molecular flexibility index (Phi) is 6.30. The Morgan fingerprint density at radius 1 is 1.31 bits per heavy atom. The number of amides is 1. The number of H-pyrrole nitrogens is 1. The van der Waals surface area contributed by atoms with Crippen LogP contribution in [-0.2, 0) is 9.53 Å². The number of hydrogen-bond donors (Lipinski definition) is 1. The lowest BCUT2D eigenvalue weighted by molar-refractivity contribution is -0.184. The molecular weight excluding hydrogens is 351 g/mol. The van der Waals surface area contributed by atoms with Gasteiger partial charge in [-0.3, -0.25) is 14.8 Å². The van der Waals surface area contributed by atoms with Crippen molar-refractivity contribution in [2.24, 2.45) is 11.8 Å². The molecule has 26 heavy (non-hydrogen) atoms. The predicted molar refractivity (Wildman–Crippen MR) is 88.7 cm³/mol. The van der Waals surface area contributed by atoms with Crippen molar-refractivity contribution in [3.8, 4) is 0 Å². The van der Waals surface area contributed by atoms with Crippen LogP contribution in [-0.4, -0.2) is 40.9 Å². The van der Waals surface area contributed by atoms with Gasteiger partial charge in [0.2, 0.25) is 5.91 Å². The molecule has 1 saturated carbocycles. The van der Waals surface area contributed by atoms with E-state index in [1.54, 1.807) is 20.8 Å². The number of nitrogens with zero attached hydrogens (tertiary/aromatic N) is 2. The molecule has 1 aliphatic rings. The average Bonchev–Trinajstić information content (AvgIpc) is 3.03. The minimum absolute atomic E-state index is 0.0560. The van der Waals surface area contributed by atoms with E-state index < -0.39 is 24.0 Å². The molecule has 1 fully saturated rings. The van der Waals surface area contributed by atoms with Crippen molar-refractivity contribution in [2.45, 2.75) is 58.7 Å². The van der Waals surface area contributed by atoms with Crippen molar-refractivity contribution in [3.05, 3.63) is 11.8 Å². The highest BCUT2D eigenvalue weighted by molar-refractivity contribution is 6.02. The van der Waals surface area contributed by atoms with Crippen LogP contribution in [0.2, 0.25) is 0 Å². The Hall–Kier alpha value is -2.06. The summed E-state index contributed by atoms with van der Waals surface area (Å²) in [5, 5.41) is 6.49. The molecule has 1 aromatic rings. The third kappa shape index (κ3) is 4.37. The largest absolute Gasteiger partial charge is 0.462 e. The van der Waals surface area contributed by atoms with Crippen molar-refractivity contribution in [2.75, 3.05) is 11.5 Å². The molecule has 1 aromatic heterocycles. The molecule has 0 atom stereocenters. The van der Waals surface area contributed by atoms with Crippen LogP contribution in [0.5, 0.6) is 0 Å². The molecule has 2 rings (SSSR count). The Bertz CT molecular complexity index is 635. The molecule has 1 aliphatic carbocycles. The van der Waals surface area contributed by atoms with Crippen molar-refractivity contribution in [1.29, 1.82) is 0 Å². The highest BCUT2D eigenvalue weighted by Gasteiger charge is 2.43. The van der Waals surface area contributed by atoms with Crippen LogP contribution < -0.4 is 4.90 Å². The second-order valence-corrected chi connectivity index (χ2v) is 6.74. The van der Waals surface area contributed by atoms with E-state index in [0.29, 0.717) is 0 Å². The number of ether oxygens (including phenoxy) is 1. The van der Waals surface area contributed by atoms with Gasteiger partial charge in [-0.25, -0.2) is 4.79 Å². The van der Waals surface area contributed by atoms with Crippen LogP contribution in [0.3, 0.4) is 0 Å². The Balaban J connectivity index is 2.18. The molecule has 0 radical (unpaired) electrons. The number of rotatable bonds is 5. The molecule has 6 nitrogen and oxygen atoms in total. The predicted octanol–water partition coefficient (Wildman–Crippen LogP) is 3.70. The highest BCUT2D eigenvalue weighted by atomic mass is 19.4. The third-order valence-corrected chi connectivity index (χ3v) is 4.65. The zero-order valence-electron chi connectivity index (χ0n) is 15.1. The first-order valence-electron chi connectivity index (χ1n) is 8.77. The number of nitrogens with one attached hydrogen (secondary N) is 1. The molecule has 0 saturated heterocycles. The maximum absolute atomic E-state index is 13.0. The first kappa shape index (κ1) is 20.3. The van der Waals surface area contributed by atoms with E-state index in [2.05, 4.69) is 10.2 Å². The lowest BCUT2D eigenvalue weighted by Crippen LogP contribution is -2.44. The number of aromatic amines is 1. The summed E-state index contributed by atoms with van der Waals surface area (Å²) in [6, 6.07) is -0.295. The number of alkyl halides is 3. The summed E-state index contributed by atoms with van der Waals surface area (Å²) >= 11 is 0. The standard InChI is InChI=1S/C17H24F3N3O3/c1-4-26-16(25)13-9-21-22-14(13)23(10(2)3)15(24)11-5-7-12(8-6-11)17(18,19)20/h9-12H,4-8H2,1-3H3,(H,21,22). The molecular formula is C17H24F3N3O3. The summed E-state index contributed by atoms with van der Waals surface area (Å²) in [5.74, 6) is -2.53. The topological polar surface area (TPSA) is 75.3 Å². The third-order valence-electron chi connectivity index (χ3n) is 4.65. The van der Waals surface area contributed by atoms with Gasteiger partial charge in [-0.15, -0.1) is 0 Å². The van der Waals surface area contributed by atoms with Crippen LogP contribution >= 0.6 is 0 Å². The molecule has 0 unspecified atom stereocenters. The van der Waals surface area contributed by atoms with E-state index in [0.717, 1.165) is 0 Å². The van der Waals surface area contributed by atoms with E-state index >= 15 is 0 Å². The molecule has 1 N–H and O–H groups in total. The monoisotopic (exact) mass is 375 g/mol. The van der Waals surface area contributed by atoms with Crippen molar-refractivity contribution in [3.63, 3.8) is 0 Å². The maximum atomic E-state index is 13.0. The van der Waals surface area contributed by atoms with Crippen molar-refractivity contribution in [1.82, 2.24) is 10.2 Å². The number of esters is 1. The van der Waals surface area contributed by atoms with Gasteiger partial charge in [-0.05, 0) is 46.5 Å². The zero-order chi connectivity index (χ0) is 19.5. The van der Waals surface area contributed by atoms with Gasteiger partial charge >= 0.3 is 12.1 Å². The molecule has 1 heterocycles. The summed E-state index contributed by atoms with van der Waals surface area (Å²) in [5.41, 5.74) is 0.137. The lowest BCUT2D eigenvalue weighted by atomic mass is 9.81. The molecule has 0 aliphatic heterocycles. The van der Waals surface area contributed by atoms with Gasteiger partial charge in [0.15, 0.2) is 0 Å². The van der Waals surface area contributed by atoms with Gasteiger partial charge in [-0.2, -0.15) is 18.3 Å². The smallest absolute Gasteiger partial charge is 0.391 e. The summed E-state index contributed by atoms with van der Waals surface area (Å²) in [6.07, 6.45) is -2.69. The average molecular weight is 375 g/mol. The minimum atomic E-state index is -4.22. The molecule has 0 spiro atoms. The number of halogens is 3. The molecule has 9 heteroatoms. The minimum Gasteiger partial charge on any atom is -0.462 e. The van der Waals surface area contributed by atoms with Gasteiger partial charge in [0, 0.05) is 12.0 Å². The highest BCUT2D eigenvalue weighted by Crippen LogP contribution is 2.40. The lowest BCUT2D eigenvalue weighted by Gasteiger charge is -2.34. The van der Waals surface area contributed by atoms with Gasteiger partial charge in [-0.1, -0.05) is 0 Å². The molecule has 0 aromatic carbocycles. The zero-order valence-corrected chi connectivity index (χ0v) is 15.1. The van der Waals surface area contributed by atoms with Gasteiger partial charge in [0.05, 0.1) is 18.7 Å². The van der Waals surface area contributed by atoms with E-state index in [-0.39, 0.29) is 55.6 Å². The van der Waals surface area contributed by atoms with Gasteiger partial charge in [0.1, 0.15) is 11.4 Å². The summed E-state index contributed by atoms with van der Waals surface area (Å²) < 4.78 is 43.5. The van der Waals surface area contributed by atoms with E-state index in [9.17, 15) is 22.8 Å². The second kappa shape index (κ2) is 8.09. The van der Waals surface area contributed by atoms with Gasteiger partial charge in [0.25, 0.3) is 0 Å². The van der Waals surface area contributed by atoms with E-state index in [1.165, 1.54) is 11.1 Å². The van der Waals surface area contributed by atoms with Crippen molar-refractivity contribution < 1.29 is 27.5 Å². The molecule has 146 valence electrons. The molecule has 1 amide bonds. The van der Waals surface area contributed by atoms with Crippen LogP contribution in [0.1, 0.15) is 56.8 Å². The fourth-order valence-corrected chi connectivity index (χ4v) is 3.31. The Labute approximate surface area is 150 Å². The quantitative estimate of drug-likeness (QED) is 0.797. The SMILES string of the molecule is CCOC(=O)c1cn[nH]c1N(C(=O)C1CCC(C(F)(F)F)CC1)C(C)C. The fraction of sp³-hybridized carbons (Fsp3) is 0.706. The van der Waals surface area contributed by atoms with Crippen LogP contribution in [0.25, 0.3) is 0 Å². The van der Waals surface area contributed by atoms with Gasteiger partial charge < -0.3 is 4.74 Å². The summed E-state index contributed by atoms with van der Waals surface area (Å²) in [7, 11) is 0. The van der Waals surface area contributed by atoms with Crippen LogP contribution in [0.4, 0.5) is 19.0 Å². The Morgan fingerprint density at radius 2 is 1.92 bits per heavy atom. The molecule has 0 bridgehead atoms.